The van der Waals surface area contributed by atoms with E-state index in [-0.39, 0.29) is 12.7 Å². The van der Waals surface area contributed by atoms with Crippen LogP contribution in [0, 0.1) is 0 Å². The Kier molecular flexibility index (Phi) is 4.96. The molecule has 5 rings (SSSR count). The van der Waals surface area contributed by atoms with Crippen LogP contribution in [0.25, 0.3) is 6.08 Å². The molecule has 0 aromatic heterocycles. The van der Waals surface area contributed by atoms with E-state index in [0.29, 0.717) is 43.1 Å². The molecule has 1 saturated heterocycles. The van der Waals surface area contributed by atoms with Crippen molar-refractivity contribution in [3.05, 3.63) is 58.7 Å². The number of hydrogen-bond donors (Lipinski definition) is 0. The Morgan fingerprint density at radius 2 is 1.90 bits per heavy atom. The predicted octanol–water partition coefficient (Wildman–Crippen LogP) is 3.67. The van der Waals surface area contributed by atoms with Gasteiger partial charge >= 0.3 is 180 Å². The van der Waals surface area contributed by atoms with Gasteiger partial charge in [-0.15, -0.1) is 0 Å². The van der Waals surface area contributed by atoms with Crippen molar-refractivity contribution in [2.75, 3.05) is 24.8 Å². The van der Waals surface area contributed by atoms with Crippen molar-refractivity contribution in [3.8, 4) is 11.5 Å². The molecule has 6 nitrogen and oxygen atoms in total. The van der Waals surface area contributed by atoms with Gasteiger partial charge in [0.15, 0.2) is 0 Å². The average Bonchev–Trinajstić information content (AvgIpc) is 3.33. The fourth-order valence-corrected chi connectivity index (χ4v) is 5.57. The first-order valence-corrected chi connectivity index (χ1v) is 12.1. The standard InChI is InChI=1S/C21H18ClN3O3Se/c22-15-2-1-3-16(12-15)25-20(26)17(23-21(25)24-6-8-29-9-7-24)10-14-4-5-18-19(11-14)28-13-27-18/h1-5,10-12H,6-9,13H2/b17-10-. The van der Waals surface area contributed by atoms with Crippen LogP contribution in [-0.2, 0) is 4.79 Å². The molecule has 1 fully saturated rings. The summed E-state index contributed by atoms with van der Waals surface area (Å²) in [7, 11) is 0. The zero-order valence-corrected chi connectivity index (χ0v) is 18.0. The molecule has 3 aliphatic heterocycles. The van der Waals surface area contributed by atoms with Gasteiger partial charge < -0.3 is 0 Å². The van der Waals surface area contributed by atoms with Crippen molar-refractivity contribution in [2.24, 2.45) is 4.99 Å². The van der Waals surface area contributed by atoms with E-state index in [4.69, 9.17) is 26.1 Å². The molecule has 1 amide bonds. The molecule has 0 spiro atoms. The van der Waals surface area contributed by atoms with Crippen LogP contribution >= 0.6 is 11.6 Å². The van der Waals surface area contributed by atoms with Crippen LogP contribution in [0.1, 0.15) is 5.56 Å². The van der Waals surface area contributed by atoms with Gasteiger partial charge in [-0.25, -0.2) is 0 Å². The molecule has 0 radical (unpaired) electrons. The van der Waals surface area contributed by atoms with E-state index >= 15 is 0 Å². The van der Waals surface area contributed by atoms with E-state index < -0.39 is 0 Å². The van der Waals surface area contributed by atoms with Crippen molar-refractivity contribution in [2.45, 2.75) is 10.6 Å². The Labute approximate surface area is 179 Å². The molecular weight excluding hydrogens is 457 g/mol. The number of aliphatic imine (C=N–C) groups is 1. The van der Waals surface area contributed by atoms with Gasteiger partial charge in [0.05, 0.1) is 0 Å². The first-order valence-electron chi connectivity index (χ1n) is 9.32. The van der Waals surface area contributed by atoms with Crippen molar-refractivity contribution in [3.63, 3.8) is 0 Å². The number of fused-ring (bicyclic) bond motifs is 1. The molecule has 0 bridgehead atoms. The van der Waals surface area contributed by atoms with Crippen molar-refractivity contribution in [1.29, 1.82) is 0 Å². The average molecular weight is 475 g/mol. The number of rotatable bonds is 2. The first kappa shape index (κ1) is 18.6. The molecule has 8 heteroatoms. The minimum absolute atomic E-state index is 0.156. The third-order valence-electron chi connectivity index (χ3n) is 4.90. The summed E-state index contributed by atoms with van der Waals surface area (Å²) in [5, 5.41) is 2.90. The second-order valence-electron chi connectivity index (χ2n) is 6.77. The minimum atomic E-state index is -0.156. The molecule has 3 heterocycles. The molecule has 2 aromatic carbocycles. The zero-order chi connectivity index (χ0) is 19.8. The number of halogens is 1. The summed E-state index contributed by atoms with van der Waals surface area (Å²) in [6, 6.07) is 12.9. The molecule has 148 valence electrons. The molecule has 3 aliphatic rings. The summed E-state index contributed by atoms with van der Waals surface area (Å²) in [6.07, 6.45) is 1.79. The number of ether oxygens (including phenoxy) is 2. The Bertz CT molecular complexity index is 1030. The monoisotopic (exact) mass is 475 g/mol. The number of anilines is 1. The van der Waals surface area contributed by atoms with Crippen molar-refractivity contribution >= 4 is 50.2 Å². The van der Waals surface area contributed by atoms with Crippen LogP contribution in [0.3, 0.4) is 0 Å². The van der Waals surface area contributed by atoms with Gasteiger partial charge in [0.2, 0.25) is 0 Å². The van der Waals surface area contributed by atoms with Crippen LogP contribution in [0.2, 0.25) is 15.7 Å². The van der Waals surface area contributed by atoms with Crippen molar-refractivity contribution in [1.82, 2.24) is 4.90 Å². The van der Waals surface area contributed by atoms with Crippen molar-refractivity contribution < 1.29 is 14.3 Å². The van der Waals surface area contributed by atoms with E-state index in [0.717, 1.165) is 35.0 Å². The SMILES string of the molecule is O=C1/C(=C/c2ccc3c(c2)OCO3)N=C(N2CC[Se]CC2)N1c1cccc(Cl)c1. The number of hydrogen-bond acceptors (Lipinski definition) is 5. The van der Waals surface area contributed by atoms with Gasteiger partial charge in [-0.1, -0.05) is 0 Å². The molecule has 0 saturated carbocycles. The number of benzene rings is 2. The zero-order valence-electron chi connectivity index (χ0n) is 15.5. The molecule has 29 heavy (non-hydrogen) atoms. The molecule has 0 N–H and O–H groups in total. The van der Waals surface area contributed by atoms with E-state index in [2.05, 4.69) is 4.90 Å². The van der Waals surface area contributed by atoms with E-state index in [9.17, 15) is 4.79 Å². The van der Waals surface area contributed by atoms with Crippen LogP contribution < -0.4 is 14.4 Å². The van der Waals surface area contributed by atoms with Crippen LogP contribution in [-0.4, -0.2) is 51.6 Å². The summed E-state index contributed by atoms with van der Waals surface area (Å²) in [4.78, 5) is 21.9. The summed E-state index contributed by atoms with van der Waals surface area (Å²) in [6.45, 7) is 2.05. The quantitative estimate of drug-likeness (QED) is 0.492. The Hall–Kier alpha value is -2.47. The third kappa shape index (κ3) is 3.61. The number of guanidine groups is 1. The number of nitrogens with zero attached hydrogens (tertiary/aromatic N) is 3. The summed E-state index contributed by atoms with van der Waals surface area (Å²) < 4.78 is 10.8. The van der Waals surface area contributed by atoms with E-state index in [1.807, 2.05) is 30.3 Å². The second-order valence-corrected chi connectivity index (χ2v) is 9.78. The maximum absolute atomic E-state index is 13.3. The molecular formula is C21H18ClN3O3Se. The van der Waals surface area contributed by atoms with E-state index in [1.54, 1.807) is 23.1 Å². The van der Waals surface area contributed by atoms with Crippen LogP contribution in [0.4, 0.5) is 5.69 Å². The van der Waals surface area contributed by atoms with Gasteiger partial charge in [0.1, 0.15) is 0 Å². The number of carbonyl (C=O) groups is 1. The summed E-state index contributed by atoms with van der Waals surface area (Å²) in [5.74, 6) is 1.92. The fraction of sp³-hybridized carbons (Fsp3) is 0.238. The first-order chi connectivity index (χ1) is 14.2. The molecule has 0 aliphatic carbocycles. The van der Waals surface area contributed by atoms with Gasteiger partial charge in [-0.3, -0.25) is 0 Å². The van der Waals surface area contributed by atoms with Gasteiger partial charge in [-0.05, 0) is 0 Å². The van der Waals surface area contributed by atoms with E-state index in [1.165, 1.54) is 0 Å². The van der Waals surface area contributed by atoms with Crippen LogP contribution in [0.5, 0.6) is 11.5 Å². The molecule has 0 unspecified atom stereocenters. The summed E-state index contributed by atoms with van der Waals surface area (Å²) in [5.41, 5.74) is 1.97. The van der Waals surface area contributed by atoms with Gasteiger partial charge in [0, 0.05) is 0 Å². The predicted molar refractivity (Wildman–Crippen MR) is 114 cm³/mol. The second kappa shape index (κ2) is 7.75. The topological polar surface area (TPSA) is 54.4 Å². The Morgan fingerprint density at radius 1 is 1.07 bits per heavy atom. The normalized spacial score (nSPS) is 19.8. The van der Waals surface area contributed by atoms with Gasteiger partial charge in [-0.2, -0.15) is 0 Å². The summed E-state index contributed by atoms with van der Waals surface area (Å²) >= 11 is 6.87. The molecule has 0 atom stereocenters. The Balaban J connectivity index is 1.54. The fourth-order valence-electron chi connectivity index (χ4n) is 3.49. The van der Waals surface area contributed by atoms with Crippen LogP contribution in [0.15, 0.2) is 53.2 Å². The van der Waals surface area contributed by atoms with Gasteiger partial charge in [0.25, 0.3) is 0 Å². The number of amides is 1. The third-order valence-corrected chi connectivity index (χ3v) is 7.12. The Morgan fingerprint density at radius 3 is 2.72 bits per heavy atom. The maximum atomic E-state index is 13.3. The molecule has 2 aromatic rings. The number of carbonyl (C=O) groups excluding carboxylic acids is 1.